The molecule has 0 spiro atoms. The van der Waals surface area contributed by atoms with Crippen LogP contribution < -0.4 is 5.73 Å². The normalized spacial score (nSPS) is 10.9. The fraction of sp³-hybridized carbons (Fsp3) is 0.0714. The van der Waals surface area contributed by atoms with E-state index in [1.165, 1.54) is 5.56 Å². The van der Waals surface area contributed by atoms with E-state index < -0.39 is 0 Å². The molecule has 0 aliphatic carbocycles. The van der Waals surface area contributed by atoms with E-state index in [4.69, 9.17) is 5.73 Å². The van der Waals surface area contributed by atoms with Crippen LogP contribution in [-0.2, 0) is 0 Å². The first-order chi connectivity index (χ1) is 8.63. The van der Waals surface area contributed by atoms with E-state index in [0.29, 0.717) is 5.69 Å². The van der Waals surface area contributed by atoms with Gasteiger partial charge in [-0.15, -0.1) is 0 Å². The highest BCUT2D eigenvalue weighted by Crippen LogP contribution is 2.27. The number of H-pyrrole nitrogens is 1. The number of hydrogen-bond acceptors (Lipinski definition) is 3. The summed E-state index contributed by atoms with van der Waals surface area (Å²) in [6.45, 7) is 2.04. The first-order valence-corrected chi connectivity index (χ1v) is 5.69. The van der Waals surface area contributed by atoms with Crippen LogP contribution in [0, 0.1) is 6.92 Å². The molecule has 0 fully saturated rings. The largest absolute Gasteiger partial charge is 0.506 e. The van der Waals surface area contributed by atoms with Crippen molar-refractivity contribution in [3.05, 3.63) is 42.0 Å². The molecule has 18 heavy (non-hydrogen) atoms. The Hall–Kier alpha value is -2.49. The predicted molar refractivity (Wildman–Crippen MR) is 72.3 cm³/mol. The molecule has 1 aromatic heterocycles. The molecule has 2 aromatic carbocycles. The number of nitrogen functional groups attached to an aromatic ring is 1. The van der Waals surface area contributed by atoms with Gasteiger partial charge in [-0.05, 0) is 42.8 Å². The second-order valence-electron chi connectivity index (χ2n) is 4.38. The maximum absolute atomic E-state index is 9.61. The third-order valence-corrected chi connectivity index (χ3v) is 2.94. The third kappa shape index (κ3) is 1.68. The fourth-order valence-corrected chi connectivity index (χ4v) is 1.95. The lowest BCUT2D eigenvalue weighted by molar-refractivity contribution is 0.478. The van der Waals surface area contributed by atoms with E-state index in [1.807, 2.05) is 31.2 Å². The van der Waals surface area contributed by atoms with Gasteiger partial charge in [-0.3, -0.25) is 0 Å². The number of imidazole rings is 1. The molecule has 0 aliphatic rings. The number of nitrogens with two attached hydrogens (primary N) is 1. The van der Waals surface area contributed by atoms with Gasteiger partial charge in [-0.25, -0.2) is 4.98 Å². The second-order valence-corrected chi connectivity index (χ2v) is 4.38. The molecule has 4 N–H and O–H groups in total. The summed E-state index contributed by atoms with van der Waals surface area (Å²) in [5, 5.41) is 9.61. The van der Waals surface area contributed by atoms with Gasteiger partial charge in [0.15, 0.2) is 0 Å². The number of nitrogens with one attached hydrogen (secondary N) is 1. The lowest BCUT2D eigenvalue weighted by atomic mass is 10.2. The van der Waals surface area contributed by atoms with Gasteiger partial charge in [0.1, 0.15) is 11.6 Å². The molecular weight excluding hydrogens is 226 g/mol. The number of anilines is 1. The van der Waals surface area contributed by atoms with Crippen LogP contribution >= 0.6 is 0 Å². The van der Waals surface area contributed by atoms with Crippen molar-refractivity contribution in [3.63, 3.8) is 0 Å². The summed E-state index contributed by atoms with van der Waals surface area (Å²) in [7, 11) is 0. The summed E-state index contributed by atoms with van der Waals surface area (Å²) in [4.78, 5) is 7.72. The van der Waals surface area contributed by atoms with Crippen LogP contribution in [0.5, 0.6) is 5.75 Å². The summed E-state index contributed by atoms with van der Waals surface area (Å²) >= 11 is 0. The van der Waals surface area contributed by atoms with Gasteiger partial charge in [0, 0.05) is 5.56 Å². The Balaban J connectivity index is 2.16. The first-order valence-electron chi connectivity index (χ1n) is 5.69. The number of aryl methyl sites for hydroxylation is 1. The molecule has 3 rings (SSSR count). The van der Waals surface area contributed by atoms with Gasteiger partial charge in [0.05, 0.1) is 16.7 Å². The number of nitrogens with zero attached hydrogens (tertiary/aromatic N) is 1. The molecule has 0 saturated heterocycles. The zero-order chi connectivity index (χ0) is 12.7. The minimum atomic E-state index is 0.0733. The average molecular weight is 239 g/mol. The number of fused-ring (bicyclic) bond motifs is 1. The highest BCUT2D eigenvalue weighted by Gasteiger charge is 2.07. The van der Waals surface area contributed by atoms with Crippen molar-refractivity contribution in [1.82, 2.24) is 9.97 Å². The van der Waals surface area contributed by atoms with Crippen LogP contribution in [0.3, 0.4) is 0 Å². The Kier molecular flexibility index (Phi) is 2.23. The molecule has 0 radical (unpaired) electrons. The molecule has 0 aliphatic heterocycles. The Morgan fingerprint density at radius 2 is 2.00 bits per heavy atom. The Bertz CT molecular complexity index is 731. The van der Waals surface area contributed by atoms with Gasteiger partial charge in [-0.2, -0.15) is 0 Å². The second kappa shape index (κ2) is 3.77. The van der Waals surface area contributed by atoms with E-state index in [1.54, 1.807) is 12.1 Å². The van der Waals surface area contributed by atoms with Crippen LogP contribution in [0.4, 0.5) is 5.69 Å². The molecule has 4 heteroatoms. The molecule has 0 atom stereocenters. The minimum absolute atomic E-state index is 0.0733. The van der Waals surface area contributed by atoms with Gasteiger partial charge in [0.25, 0.3) is 0 Å². The quantitative estimate of drug-likeness (QED) is 0.451. The van der Waals surface area contributed by atoms with E-state index in [-0.39, 0.29) is 5.75 Å². The van der Waals surface area contributed by atoms with Crippen molar-refractivity contribution in [2.75, 3.05) is 5.73 Å². The Morgan fingerprint density at radius 3 is 2.78 bits per heavy atom. The van der Waals surface area contributed by atoms with Gasteiger partial charge in [-0.1, -0.05) is 6.07 Å². The lowest BCUT2D eigenvalue weighted by Crippen LogP contribution is -1.86. The molecule has 0 unspecified atom stereocenters. The molecular formula is C14H13N3O. The van der Waals surface area contributed by atoms with Crippen LogP contribution in [0.15, 0.2) is 36.4 Å². The van der Waals surface area contributed by atoms with Crippen molar-refractivity contribution in [1.29, 1.82) is 0 Å². The maximum Gasteiger partial charge on any atom is 0.139 e. The molecule has 3 aromatic rings. The zero-order valence-electron chi connectivity index (χ0n) is 9.94. The number of benzene rings is 2. The summed E-state index contributed by atoms with van der Waals surface area (Å²) in [6.07, 6.45) is 0. The van der Waals surface area contributed by atoms with Crippen LogP contribution in [0.1, 0.15) is 5.56 Å². The molecule has 90 valence electrons. The summed E-state index contributed by atoms with van der Waals surface area (Å²) in [5.41, 5.74) is 9.84. The van der Waals surface area contributed by atoms with Crippen molar-refractivity contribution < 1.29 is 5.11 Å². The average Bonchev–Trinajstić information content (AvgIpc) is 2.75. The summed E-state index contributed by atoms with van der Waals surface area (Å²) in [5.74, 6) is 0.801. The van der Waals surface area contributed by atoms with Gasteiger partial charge in [0.2, 0.25) is 0 Å². The van der Waals surface area contributed by atoms with E-state index in [0.717, 1.165) is 22.4 Å². The van der Waals surface area contributed by atoms with Crippen LogP contribution in [0.25, 0.3) is 22.4 Å². The number of aromatic hydroxyl groups is 1. The zero-order valence-corrected chi connectivity index (χ0v) is 9.94. The monoisotopic (exact) mass is 239 g/mol. The Labute approximate surface area is 104 Å². The minimum Gasteiger partial charge on any atom is -0.506 e. The first kappa shape index (κ1) is 10.7. The van der Waals surface area contributed by atoms with Crippen molar-refractivity contribution >= 4 is 16.7 Å². The predicted octanol–water partition coefficient (Wildman–Crippen LogP) is 2.83. The highest BCUT2D eigenvalue weighted by molar-refractivity contribution is 5.80. The number of phenols is 1. The van der Waals surface area contributed by atoms with Crippen molar-refractivity contribution in [2.45, 2.75) is 6.92 Å². The topological polar surface area (TPSA) is 74.9 Å². The van der Waals surface area contributed by atoms with Gasteiger partial charge < -0.3 is 15.8 Å². The van der Waals surface area contributed by atoms with Crippen LogP contribution in [0.2, 0.25) is 0 Å². The van der Waals surface area contributed by atoms with E-state index >= 15 is 0 Å². The smallest absolute Gasteiger partial charge is 0.139 e. The lowest BCUT2D eigenvalue weighted by Gasteiger charge is -2.00. The summed E-state index contributed by atoms with van der Waals surface area (Å²) in [6, 6.07) is 11.2. The number of aromatic amines is 1. The number of hydrogen-bond donors (Lipinski definition) is 3. The Morgan fingerprint density at radius 1 is 1.17 bits per heavy atom. The highest BCUT2D eigenvalue weighted by atomic mass is 16.3. The van der Waals surface area contributed by atoms with E-state index in [2.05, 4.69) is 9.97 Å². The number of rotatable bonds is 1. The van der Waals surface area contributed by atoms with Crippen LogP contribution in [-0.4, -0.2) is 15.1 Å². The molecule has 0 saturated carbocycles. The molecule has 1 heterocycles. The summed E-state index contributed by atoms with van der Waals surface area (Å²) < 4.78 is 0. The molecule has 0 bridgehead atoms. The third-order valence-electron chi connectivity index (χ3n) is 2.94. The van der Waals surface area contributed by atoms with Gasteiger partial charge >= 0.3 is 0 Å². The van der Waals surface area contributed by atoms with E-state index in [9.17, 15) is 5.11 Å². The SMILES string of the molecule is Cc1ccc2nc(-c3ccc(N)c(O)c3)[nH]c2c1. The van der Waals surface area contributed by atoms with Crippen molar-refractivity contribution in [3.8, 4) is 17.1 Å². The fourth-order valence-electron chi connectivity index (χ4n) is 1.95. The molecule has 0 amide bonds. The number of aromatic nitrogens is 2. The van der Waals surface area contributed by atoms with Crippen molar-refractivity contribution in [2.24, 2.45) is 0 Å². The number of phenolic OH excluding ortho intramolecular Hbond substituents is 1. The standard InChI is InChI=1S/C14H13N3O/c1-8-2-5-11-12(6-8)17-14(16-11)9-3-4-10(15)13(18)7-9/h2-7,18H,15H2,1H3,(H,16,17). The molecule has 4 nitrogen and oxygen atoms in total. The maximum atomic E-state index is 9.61.